The number of pyridine rings is 1. The molecule has 1 N–H and O–H groups in total. The first-order valence-electron chi connectivity index (χ1n) is 34.9. The van der Waals surface area contributed by atoms with Gasteiger partial charge in [0.15, 0.2) is 0 Å². The number of para-hydroxylation sites is 1. The molecule has 4 aromatic heterocycles. The first-order valence-corrected chi connectivity index (χ1v) is 35.7. The lowest BCUT2D eigenvalue weighted by Crippen LogP contribution is -2.40. The van der Waals surface area contributed by atoms with Crippen molar-refractivity contribution in [2.75, 3.05) is 26.7 Å². The SMILES string of the molecule is CC(C)(C)c1cc(-c2ccccc2)cc(Cl)c1F.CC(C)(C)c1cccc(-c2ccccc2)c1.CC(C)(C)c1cccc(F)c1Cl.CC(C)(C)c1cn2ccccc2n1.CC(C)(C)c1cnc[nH]1.CC(C)n1nc(C(C)(C)C)c2ccccc21.CCN(C)C(=O)N1CCC(C(C)(C)C)C1. The third-order valence-corrected chi connectivity index (χ3v) is 17.9. The van der Waals surface area contributed by atoms with Crippen molar-refractivity contribution in [1.29, 1.82) is 0 Å². The van der Waals surface area contributed by atoms with E-state index >= 15 is 0 Å². The zero-order valence-corrected chi connectivity index (χ0v) is 65.9. The molecular weight excluding hydrogens is 1270 g/mol. The van der Waals surface area contributed by atoms with E-state index in [1.54, 1.807) is 23.4 Å². The van der Waals surface area contributed by atoms with Crippen molar-refractivity contribution in [3.05, 3.63) is 238 Å². The molecule has 0 radical (unpaired) electrons. The zero-order valence-electron chi connectivity index (χ0n) is 64.4. The first kappa shape index (κ1) is 82.1. The monoisotopic (exact) mass is 1380 g/mol. The Kier molecular flexibility index (Phi) is 28.7. The minimum Gasteiger partial charge on any atom is -0.348 e. The number of carbonyl (C=O) groups excluding carboxylic acids is 1. The molecule has 0 spiro atoms. The second-order valence-electron chi connectivity index (χ2n) is 33.3. The summed E-state index contributed by atoms with van der Waals surface area (Å²) < 4.78 is 31.2. The maximum atomic E-state index is 14.1. The molecule has 1 fully saturated rings. The number of nitrogens with zero attached hydrogens (tertiary/aromatic N) is 7. The lowest BCUT2D eigenvalue weighted by atomic mass is 9.80. The minimum atomic E-state index is -0.343. The molecule has 0 bridgehead atoms. The molecule has 0 saturated carbocycles. The zero-order chi connectivity index (χ0) is 74.2. The van der Waals surface area contributed by atoms with Gasteiger partial charge in [0.2, 0.25) is 0 Å². The number of fused-ring (bicyclic) bond motifs is 2. The average Bonchev–Trinajstić information content (AvgIpc) is 1.70. The van der Waals surface area contributed by atoms with Crippen LogP contribution in [0.25, 0.3) is 38.8 Å². The van der Waals surface area contributed by atoms with Crippen LogP contribution >= 0.6 is 23.2 Å². The van der Waals surface area contributed by atoms with E-state index in [0.29, 0.717) is 22.9 Å². The highest BCUT2D eigenvalue weighted by atomic mass is 35.5. The fourth-order valence-electron chi connectivity index (χ4n) is 10.8. The van der Waals surface area contributed by atoms with Crippen LogP contribution < -0.4 is 0 Å². The van der Waals surface area contributed by atoms with E-state index in [1.165, 1.54) is 45.0 Å². The Morgan fingerprint density at radius 3 is 1.64 bits per heavy atom. The van der Waals surface area contributed by atoms with Crippen molar-refractivity contribution in [2.24, 2.45) is 11.3 Å². The number of hydrogen-bond acceptors (Lipinski definition) is 4. The van der Waals surface area contributed by atoms with Gasteiger partial charge >= 0.3 is 6.03 Å². The molecule has 99 heavy (non-hydrogen) atoms. The third-order valence-electron chi connectivity index (χ3n) is 17.3. The Morgan fingerprint density at radius 2 is 1.16 bits per heavy atom. The van der Waals surface area contributed by atoms with Gasteiger partial charge in [0.25, 0.3) is 0 Å². The molecule has 0 aliphatic carbocycles. The second kappa shape index (κ2) is 34.7. The van der Waals surface area contributed by atoms with Crippen LogP contribution in [-0.2, 0) is 32.5 Å². The molecule has 2 amide bonds. The van der Waals surface area contributed by atoms with Crippen LogP contribution in [0.3, 0.4) is 0 Å². The molecular formula is C86H116Cl2F2N8O. The molecule has 1 aliphatic rings. The molecule has 13 heteroatoms. The van der Waals surface area contributed by atoms with E-state index in [4.69, 9.17) is 28.3 Å². The van der Waals surface area contributed by atoms with Gasteiger partial charge < -0.3 is 19.2 Å². The highest BCUT2D eigenvalue weighted by molar-refractivity contribution is 6.31. The topological polar surface area (TPSA) is 87.4 Å². The predicted octanol–water partition coefficient (Wildman–Crippen LogP) is 24.6. The lowest BCUT2D eigenvalue weighted by molar-refractivity contribution is 0.167. The standard InChI is InChI=1S/C16H16ClF.C16H18.C14H20N2.C12H24N2O.C11H14N2.C10H12ClF.C7H12N2/c1-16(2,3)13-9-12(10-14(17)15(13)18)11-7-5-4-6-8-11;1-16(2,3)15-11-7-10-14(12-15)13-8-5-4-6-9-13;1-10(2)16-12-9-7-6-8-11(12)13(15-16)14(3,4)5;1-6-13(5)11(15)14-8-7-10(9-14)12(2,3)4;1-11(2,3)9-8-13-7-5-4-6-10(13)12-9;1-10(2,3)7-5-4-6-8(12)9(7)11;1-7(2,3)6-4-8-5-9-6/h4-10H,1-3H3;4-12H,1-3H3;6-10H,1-5H3;10H,6-9H2,1-5H3;4-8H,1-3H3;4-6H,1-3H3;4-5H,1-3H3,(H,8,9). The van der Waals surface area contributed by atoms with E-state index in [9.17, 15) is 13.6 Å². The quantitative estimate of drug-likeness (QED) is 0.190. The van der Waals surface area contributed by atoms with Gasteiger partial charge in [-0.1, -0.05) is 290 Å². The summed E-state index contributed by atoms with van der Waals surface area (Å²) in [7, 11) is 1.87. The molecule has 534 valence electrons. The van der Waals surface area contributed by atoms with Crippen molar-refractivity contribution < 1.29 is 13.6 Å². The van der Waals surface area contributed by atoms with Crippen LogP contribution in [0.4, 0.5) is 13.6 Å². The highest BCUT2D eigenvalue weighted by Crippen LogP contribution is 2.37. The number of hydrogen-bond donors (Lipinski definition) is 1. The summed E-state index contributed by atoms with van der Waals surface area (Å²) in [5.74, 6) is -0.0142. The van der Waals surface area contributed by atoms with Gasteiger partial charge in [0, 0.05) is 78.6 Å². The van der Waals surface area contributed by atoms with E-state index in [2.05, 4.69) is 227 Å². The van der Waals surface area contributed by atoms with Gasteiger partial charge in [-0.25, -0.2) is 23.5 Å². The van der Waals surface area contributed by atoms with Crippen LogP contribution in [0.2, 0.25) is 10.0 Å². The molecule has 10 aromatic rings. The Labute approximate surface area is 604 Å². The molecule has 9 nitrogen and oxygen atoms in total. The Morgan fingerprint density at radius 1 is 0.606 bits per heavy atom. The number of urea groups is 1. The van der Waals surface area contributed by atoms with Gasteiger partial charge in [0.05, 0.1) is 33.3 Å². The maximum Gasteiger partial charge on any atom is 0.319 e. The van der Waals surface area contributed by atoms with E-state index in [1.807, 2.05) is 133 Å². The summed E-state index contributed by atoms with van der Waals surface area (Å²) in [6.07, 6.45) is 8.83. The average molecular weight is 1390 g/mol. The summed E-state index contributed by atoms with van der Waals surface area (Å²) in [6, 6.07) is 52.8. The number of halogens is 4. The molecule has 1 atom stereocenters. The number of carbonyl (C=O) groups is 1. The largest absolute Gasteiger partial charge is 0.348 e. The smallest absolute Gasteiger partial charge is 0.319 e. The number of likely N-dealkylation sites (tertiary alicyclic amines) is 1. The maximum absolute atomic E-state index is 14.1. The van der Waals surface area contributed by atoms with E-state index < -0.39 is 0 Å². The minimum absolute atomic E-state index is 0.0970. The number of imidazole rings is 2. The summed E-state index contributed by atoms with van der Waals surface area (Å²) in [5.41, 5.74) is 13.8. The van der Waals surface area contributed by atoms with E-state index in [-0.39, 0.29) is 60.2 Å². The van der Waals surface area contributed by atoms with Crippen molar-refractivity contribution in [2.45, 2.75) is 211 Å². The van der Waals surface area contributed by atoms with Crippen LogP contribution in [-0.4, -0.2) is 71.6 Å². The summed E-state index contributed by atoms with van der Waals surface area (Å²) in [5, 5.41) is 6.48. The number of nitrogens with one attached hydrogen (secondary N) is 1. The number of aromatic amines is 1. The number of benzene rings is 6. The van der Waals surface area contributed by atoms with Crippen LogP contribution in [0.5, 0.6) is 0 Å². The van der Waals surface area contributed by atoms with Gasteiger partial charge in [-0.3, -0.25) is 4.68 Å². The Bertz CT molecular complexity index is 4070. The summed E-state index contributed by atoms with van der Waals surface area (Å²) in [6.45, 7) is 54.1. The number of H-pyrrole nitrogens is 1. The third kappa shape index (κ3) is 24.3. The Hall–Kier alpha value is -7.60. The molecule has 1 aliphatic heterocycles. The summed E-state index contributed by atoms with van der Waals surface area (Å²) >= 11 is 11.8. The Balaban J connectivity index is 0.000000210. The number of amides is 2. The fraction of sp³-hybridized carbons (Fsp3) is 0.442. The molecule has 1 unspecified atom stereocenters. The second-order valence-corrected chi connectivity index (χ2v) is 34.1. The van der Waals surface area contributed by atoms with Gasteiger partial charge in [0.1, 0.15) is 17.3 Å². The van der Waals surface area contributed by atoms with Crippen molar-refractivity contribution in [3.63, 3.8) is 0 Å². The van der Waals surface area contributed by atoms with Crippen LogP contribution in [0.1, 0.15) is 212 Å². The van der Waals surface area contributed by atoms with Crippen LogP contribution in [0, 0.1) is 23.0 Å². The summed E-state index contributed by atoms with van der Waals surface area (Å²) in [4.78, 5) is 27.2. The number of aromatic nitrogens is 6. The van der Waals surface area contributed by atoms with Crippen LogP contribution in [0.15, 0.2) is 183 Å². The lowest BCUT2D eigenvalue weighted by Gasteiger charge is -2.28. The van der Waals surface area contributed by atoms with Crippen molar-refractivity contribution >= 4 is 45.8 Å². The van der Waals surface area contributed by atoms with E-state index in [0.717, 1.165) is 54.1 Å². The molecule has 5 heterocycles. The van der Waals surface area contributed by atoms with Gasteiger partial charge in [-0.05, 0) is 130 Å². The molecule has 6 aromatic carbocycles. The molecule has 1 saturated heterocycles. The normalized spacial score (nSPS) is 13.4. The van der Waals surface area contributed by atoms with Crippen molar-refractivity contribution in [3.8, 4) is 22.3 Å². The van der Waals surface area contributed by atoms with Gasteiger partial charge in [-0.15, -0.1) is 0 Å². The van der Waals surface area contributed by atoms with Gasteiger partial charge in [-0.2, -0.15) is 5.10 Å². The molecule has 11 rings (SSSR count). The fourth-order valence-corrected chi connectivity index (χ4v) is 11.5. The predicted molar refractivity (Wildman–Crippen MR) is 419 cm³/mol. The highest BCUT2D eigenvalue weighted by Gasteiger charge is 2.35. The number of rotatable bonds is 4. The first-order chi connectivity index (χ1) is 45.8. The van der Waals surface area contributed by atoms with Crippen molar-refractivity contribution in [1.82, 2.24) is 38.9 Å².